The molecule has 5 aliphatic rings. The van der Waals surface area contributed by atoms with Crippen LogP contribution in [0.2, 0.25) is 0 Å². The Morgan fingerprint density at radius 3 is 2.60 bits per heavy atom. The van der Waals surface area contributed by atoms with E-state index < -0.39 is 0 Å². The number of Topliss-reactive ketones (excluding diaryl/α,β-unsaturated/α-hetero) is 1. The van der Waals surface area contributed by atoms with Gasteiger partial charge in [0.05, 0.1) is 11.0 Å². The Bertz CT molecular complexity index is 740. The van der Waals surface area contributed by atoms with Gasteiger partial charge in [-0.3, -0.25) is 9.69 Å². The molecule has 2 bridgehead atoms. The van der Waals surface area contributed by atoms with Crippen LogP contribution < -0.4 is 0 Å². The van der Waals surface area contributed by atoms with Crippen LogP contribution in [0.3, 0.4) is 0 Å². The highest BCUT2D eigenvalue weighted by atomic mass is 16.1. The minimum atomic E-state index is -0.118. The number of allylic oxidation sites excluding steroid dienone is 2. The SMILES string of the molecule is CN(C)[C@@]12CC(=O)[C@@]3(CCCCC31)C(C1CC1)=C2/C=C/C#CC1CC1. The van der Waals surface area contributed by atoms with Gasteiger partial charge in [0.15, 0.2) is 0 Å². The van der Waals surface area contributed by atoms with Crippen LogP contribution in [0.15, 0.2) is 23.3 Å². The highest BCUT2D eigenvalue weighted by molar-refractivity contribution is 5.97. The predicted octanol–water partition coefficient (Wildman–Crippen LogP) is 4.13. The lowest BCUT2D eigenvalue weighted by Gasteiger charge is -2.42. The molecule has 25 heavy (non-hydrogen) atoms. The molecule has 0 aromatic rings. The van der Waals surface area contributed by atoms with Gasteiger partial charge in [0.1, 0.15) is 5.78 Å². The summed E-state index contributed by atoms with van der Waals surface area (Å²) in [5.41, 5.74) is 2.85. The van der Waals surface area contributed by atoms with E-state index in [9.17, 15) is 4.79 Å². The van der Waals surface area contributed by atoms with Gasteiger partial charge < -0.3 is 0 Å². The molecule has 132 valence electrons. The van der Waals surface area contributed by atoms with Crippen LogP contribution in [0.5, 0.6) is 0 Å². The zero-order valence-electron chi connectivity index (χ0n) is 15.6. The molecule has 1 unspecified atom stereocenters. The third kappa shape index (κ3) is 2.05. The van der Waals surface area contributed by atoms with E-state index in [1.165, 1.54) is 50.5 Å². The van der Waals surface area contributed by atoms with Crippen molar-refractivity contribution in [3.63, 3.8) is 0 Å². The Balaban J connectivity index is 1.65. The van der Waals surface area contributed by atoms with Crippen LogP contribution in [-0.4, -0.2) is 30.3 Å². The number of hydrogen-bond acceptors (Lipinski definition) is 2. The Hall–Kier alpha value is -1.33. The first-order valence-electron chi connectivity index (χ1n) is 10.2. The van der Waals surface area contributed by atoms with Gasteiger partial charge in [-0.25, -0.2) is 0 Å². The summed E-state index contributed by atoms with van der Waals surface area (Å²) in [5, 5.41) is 0. The van der Waals surface area contributed by atoms with Gasteiger partial charge in [-0.05, 0) is 87.8 Å². The molecule has 0 aromatic carbocycles. The minimum Gasteiger partial charge on any atom is -0.299 e. The lowest BCUT2D eigenvalue weighted by molar-refractivity contribution is -0.126. The molecule has 0 spiro atoms. The van der Waals surface area contributed by atoms with Crippen LogP contribution >= 0.6 is 0 Å². The average Bonchev–Trinajstić information content (AvgIpc) is 3.50. The summed E-state index contributed by atoms with van der Waals surface area (Å²) in [4.78, 5) is 15.7. The molecule has 5 rings (SSSR count). The van der Waals surface area contributed by atoms with Crippen LogP contribution in [0.25, 0.3) is 0 Å². The first kappa shape index (κ1) is 15.9. The molecule has 0 heterocycles. The fourth-order valence-corrected chi connectivity index (χ4v) is 6.33. The van der Waals surface area contributed by atoms with Crippen LogP contribution in [-0.2, 0) is 4.79 Å². The Labute approximate surface area is 151 Å². The monoisotopic (exact) mass is 335 g/mol. The molecule has 0 amide bonds. The molecule has 0 aromatic heterocycles. The van der Waals surface area contributed by atoms with E-state index in [1.807, 2.05) is 0 Å². The first-order chi connectivity index (χ1) is 12.1. The van der Waals surface area contributed by atoms with Gasteiger partial charge in [-0.2, -0.15) is 0 Å². The normalized spacial score (nSPS) is 40.0. The van der Waals surface area contributed by atoms with Gasteiger partial charge >= 0.3 is 0 Å². The summed E-state index contributed by atoms with van der Waals surface area (Å²) in [6.45, 7) is 0. The van der Waals surface area contributed by atoms with E-state index in [-0.39, 0.29) is 11.0 Å². The highest BCUT2D eigenvalue weighted by Gasteiger charge is 2.72. The number of carbonyl (C=O) groups excluding carboxylic acids is 1. The van der Waals surface area contributed by atoms with Crippen molar-refractivity contribution in [1.82, 2.24) is 4.90 Å². The molecule has 0 radical (unpaired) electrons. The molecular weight excluding hydrogens is 306 g/mol. The summed E-state index contributed by atoms with van der Waals surface area (Å²) in [6.07, 6.45) is 15.1. The summed E-state index contributed by atoms with van der Waals surface area (Å²) in [6, 6.07) is 0. The van der Waals surface area contributed by atoms with Gasteiger partial charge in [-0.15, -0.1) is 0 Å². The van der Waals surface area contributed by atoms with E-state index >= 15 is 0 Å². The lowest BCUT2D eigenvalue weighted by Crippen LogP contribution is -2.48. The quantitative estimate of drug-likeness (QED) is 0.723. The number of rotatable bonds is 3. The molecular formula is C23H29NO. The molecule has 0 aliphatic heterocycles. The third-order valence-corrected chi connectivity index (χ3v) is 7.63. The summed E-state index contributed by atoms with van der Waals surface area (Å²) in [7, 11) is 4.38. The van der Waals surface area contributed by atoms with Crippen LogP contribution in [0.1, 0.15) is 57.8 Å². The fourth-order valence-electron chi connectivity index (χ4n) is 6.33. The molecule has 3 atom stereocenters. The van der Waals surface area contributed by atoms with Gasteiger partial charge in [0.25, 0.3) is 0 Å². The second-order valence-corrected chi connectivity index (χ2v) is 9.19. The van der Waals surface area contributed by atoms with Crippen molar-refractivity contribution in [2.24, 2.45) is 23.2 Å². The first-order valence-corrected chi connectivity index (χ1v) is 10.2. The molecule has 0 N–H and O–H groups in total. The predicted molar refractivity (Wildman–Crippen MR) is 99.8 cm³/mol. The van der Waals surface area contributed by atoms with E-state index in [0.717, 1.165) is 12.8 Å². The van der Waals surface area contributed by atoms with Gasteiger partial charge in [0.2, 0.25) is 0 Å². The van der Waals surface area contributed by atoms with Crippen molar-refractivity contribution in [1.29, 1.82) is 0 Å². The number of carbonyl (C=O) groups is 1. The summed E-state index contributed by atoms with van der Waals surface area (Å²) < 4.78 is 0. The second-order valence-electron chi connectivity index (χ2n) is 9.19. The zero-order chi connectivity index (χ0) is 17.2. The number of hydrogen-bond donors (Lipinski definition) is 0. The molecule has 4 fully saturated rings. The van der Waals surface area contributed by atoms with Crippen molar-refractivity contribution < 1.29 is 4.79 Å². The van der Waals surface area contributed by atoms with Crippen molar-refractivity contribution in [2.75, 3.05) is 14.1 Å². The largest absolute Gasteiger partial charge is 0.299 e. The van der Waals surface area contributed by atoms with Crippen molar-refractivity contribution >= 4 is 5.78 Å². The standard InChI is InChI=1S/C23H29NO/c1-24(2)23-15-20(25)22(14-6-5-9-19(22)23)21(17-12-13-17)18(23)8-4-3-7-16-10-11-16/h4,8,16-17,19H,5-6,9-15H2,1-2H3/b8-4+/t19?,22-,23+/m0/s1. The molecule has 0 saturated heterocycles. The highest BCUT2D eigenvalue weighted by Crippen LogP contribution is 2.71. The van der Waals surface area contributed by atoms with Gasteiger partial charge in [0, 0.05) is 12.3 Å². The summed E-state index contributed by atoms with van der Waals surface area (Å²) in [5.74, 6) is 9.02. The molecule has 5 aliphatic carbocycles. The van der Waals surface area contributed by atoms with Crippen molar-refractivity contribution in [3.05, 3.63) is 23.3 Å². The summed E-state index contributed by atoms with van der Waals surface area (Å²) >= 11 is 0. The van der Waals surface area contributed by atoms with Crippen LogP contribution in [0.4, 0.5) is 0 Å². The van der Waals surface area contributed by atoms with E-state index in [0.29, 0.717) is 23.5 Å². The molecule has 2 nitrogen and oxygen atoms in total. The Morgan fingerprint density at radius 2 is 1.92 bits per heavy atom. The van der Waals surface area contributed by atoms with E-state index in [1.54, 1.807) is 5.57 Å². The maximum Gasteiger partial charge on any atom is 0.145 e. The Kier molecular flexibility index (Phi) is 3.39. The fraction of sp³-hybridized carbons (Fsp3) is 0.696. The average molecular weight is 335 g/mol. The van der Waals surface area contributed by atoms with Crippen molar-refractivity contribution in [2.45, 2.75) is 63.3 Å². The minimum absolute atomic E-state index is 0.0623. The lowest BCUT2D eigenvalue weighted by atomic mass is 9.64. The van der Waals surface area contributed by atoms with Gasteiger partial charge in [-0.1, -0.05) is 24.7 Å². The van der Waals surface area contributed by atoms with Crippen LogP contribution in [0, 0.1) is 35.0 Å². The Morgan fingerprint density at radius 1 is 1.12 bits per heavy atom. The van der Waals surface area contributed by atoms with Crippen molar-refractivity contribution in [3.8, 4) is 11.8 Å². The number of likely N-dealkylation sites (N-methyl/N-ethyl adjacent to an activating group) is 1. The molecule has 2 heteroatoms. The maximum absolute atomic E-state index is 13.3. The second kappa shape index (κ2) is 5.34. The smallest absolute Gasteiger partial charge is 0.145 e. The number of ketones is 1. The topological polar surface area (TPSA) is 20.3 Å². The zero-order valence-corrected chi connectivity index (χ0v) is 15.6. The van der Waals surface area contributed by atoms with E-state index in [4.69, 9.17) is 0 Å². The third-order valence-electron chi connectivity index (χ3n) is 7.63. The number of nitrogens with zero attached hydrogens (tertiary/aromatic N) is 1. The maximum atomic E-state index is 13.3. The molecule has 4 saturated carbocycles. The van der Waals surface area contributed by atoms with E-state index in [2.05, 4.69) is 43.0 Å².